The van der Waals surface area contributed by atoms with Gasteiger partial charge in [-0.1, -0.05) is 7.43 Å². The predicted molar refractivity (Wildman–Crippen MR) is 67.7 cm³/mol. The zero-order valence-corrected chi connectivity index (χ0v) is 9.61. The van der Waals surface area contributed by atoms with Gasteiger partial charge in [-0.15, -0.1) is 0 Å². The summed E-state index contributed by atoms with van der Waals surface area (Å²) >= 11 is 0. The lowest BCUT2D eigenvalue weighted by atomic mass is 9.94. The minimum Gasteiger partial charge on any atom is -0.465 e. The molecule has 2 N–H and O–H groups in total. The number of fused-ring (bicyclic) bond motifs is 1. The second-order valence-electron chi connectivity index (χ2n) is 4.15. The molecule has 1 aliphatic rings. The first kappa shape index (κ1) is 13.8. The molecular weight excluding hydrogens is 216 g/mol. The van der Waals surface area contributed by atoms with Gasteiger partial charge in [0.1, 0.15) is 6.54 Å². The van der Waals surface area contributed by atoms with E-state index in [0.717, 1.165) is 19.3 Å². The van der Waals surface area contributed by atoms with Gasteiger partial charge in [0.25, 0.3) is 0 Å². The van der Waals surface area contributed by atoms with Gasteiger partial charge in [0.15, 0.2) is 0 Å². The van der Waals surface area contributed by atoms with E-state index < -0.39 is 0 Å². The molecule has 1 aromatic rings. The number of carbonyl (C=O) groups excluding carboxylic acids is 1. The molecule has 17 heavy (non-hydrogen) atoms. The molecule has 4 heteroatoms. The number of esters is 1. The Bertz CT molecular complexity index is 385. The van der Waals surface area contributed by atoms with Gasteiger partial charge >= 0.3 is 5.97 Å². The number of rotatable bonds is 3. The van der Waals surface area contributed by atoms with Crippen LogP contribution in [0.4, 0.5) is 0 Å². The zero-order valence-electron chi connectivity index (χ0n) is 9.61. The lowest BCUT2D eigenvalue weighted by molar-refractivity contribution is -0.143. The van der Waals surface area contributed by atoms with Crippen LogP contribution in [0.2, 0.25) is 0 Å². The normalized spacial score (nSPS) is 18.1. The first-order valence-corrected chi connectivity index (χ1v) is 5.81. The van der Waals surface area contributed by atoms with Crippen LogP contribution in [0.5, 0.6) is 0 Å². The number of nitrogens with two attached hydrogens (primary N) is 1. The minimum absolute atomic E-state index is 0. The molecule has 0 saturated carbocycles. The molecule has 1 aromatic heterocycles. The molecule has 0 fully saturated rings. The van der Waals surface area contributed by atoms with E-state index in [1.54, 1.807) is 0 Å². The Morgan fingerprint density at radius 2 is 2.41 bits per heavy atom. The Labute approximate surface area is 103 Å². The number of nitrogens with zero attached hydrogens (tertiary/aromatic N) is 1. The molecule has 1 aliphatic carbocycles. The van der Waals surface area contributed by atoms with Crippen LogP contribution in [-0.4, -0.2) is 17.1 Å². The van der Waals surface area contributed by atoms with Gasteiger partial charge in [-0.3, -0.25) is 4.79 Å². The third-order valence-corrected chi connectivity index (χ3v) is 3.05. The summed E-state index contributed by atoms with van der Waals surface area (Å²) in [5.41, 5.74) is 8.41. The number of hydrogen-bond donors (Lipinski definition) is 1. The second kappa shape index (κ2) is 5.87. The van der Waals surface area contributed by atoms with Crippen LogP contribution >= 0.6 is 0 Å². The first-order chi connectivity index (χ1) is 7.72. The van der Waals surface area contributed by atoms with Crippen molar-refractivity contribution in [1.29, 1.82) is 0 Å². The zero-order chi connectivity index (χ0) is 11.5. The molecule has 0 radical (unpaired) electrons. The lowest BCUT2D eigenvalue weighted by Crippen LogP contribution is -2.20. The third kappa shape index (κ3) is 2.88. The number of ether oxygens (including phenoxy) is 1. The summed E-state index contributed by atoms with van der Waals surface area (Å²) in [6.45, 7) is 2.55. The monoisotopic (exact) mass is 238 g/mol. The summed E-state index contributed by atoms with van der Waals surface area (Å²) in [7, 11) is 0. The van der Waals surface area contributed by atoms with Crippen LogP contribution in [0, 0.1) is 0 Å². The quantitative estimate of drug-likeness (QED) is 0.820. The molecule has 1 atom stereocenters. The summed E-state index contributed by atoms with van der Waals surface area (Å²) in [6, 6.07) is 2.16. The summed E-state index contributed by atoms with van der Waals surface area (Å²) < 4.78 is 6.91. The van der Waals surface area contributed by atoms with E-state index in [0.29, 0.717) is 13.2 Å². The van der Waals surface area contributed by atoms with E-state index >= 15 is 0 Å². The summed E-state index contributed by atoms with van der Waals surface area (Å²) in [5, 5.41) is 0. The van der Waals surface area contributed by atoms with E-state index in [-0.39, 0.29) is 19.4 Å². The molecule has 0 unspecified atom stereocenters. The van der Waals surface area contributed by atoms with Crippen LogP contribution in [0.1, 0.15) is 44.5 Å². The standard InChI is InChI=1S/C12H18N2O2.CH4/c1-2-16-12(15)8-14-7-6-9-10(13)4-3-5-11(9)14;/h6-7,10H,2-5,8,13H2,1H3;1H4/t10-;/m0./s1. The summed E-state index contributed by atoms with van der Waals surface area (Å²) in [5.74, 6) is -0.181. The van der Waals surface area contributed by atoms with Gasteiger partial charge in [-0.05, 0) is 37.8 Å². The van der Waals surface area contributed by atoms with Crippen molar-refractivity contribution in [3.63, 3.8) is 0 Å². The van der Waals surface area contributed by atoms with Crippen molar-refractivity contribution in [2.45, 2.75) is 46.2 Å². The number of carbonyl (C=O) groups is 1. The highest BCUT2D eigenvalue weighted by Crippen LogP contribution is 2.28. The van der Waals surface area contributed by atoms with Crippen molar-refractivity contribution < 1.29 is 9.53 Å². The van der Waals surface area contributed by atoms with Crippen LogP contribution in [0.3, 0.4) is 0 Å². The fourth-order valence-electron chi connectivity index (χ4n) is 2.29. The summed E-state index contributed by atoms with van der Waals surface area (Å²) in [4.78, 5) is 11.4. The molecule has 0 aliphatic heterocycles. The Hall–Kier alpha value is -1.29. The third-order valence-electron chi connectivity index (χ3n) is 3.05. The van der Waals surface area contributed by atoms with Crippen LogP contribution in [0.15, 0.2) is 12.3 Å². The Balaban J connectivity index is 0.00000144. The minimum atomic E-state index is -0.181. The van der Waals surface area contributed by atoms with Crippen molar-refractivity contribution in [1.82, 2.24) is 4.57 Å². The number of aromatic nitrogens is 1. The van der Waals surface area contributed by atoms with E-state index in [2.05, 4.69) is 0 Å². The second-order valence-corrected chi connectivity index (χ2v) is 4.15. The van der Waals surface area contributed by atoms with Crippen LogP contribution in [0.25, 0.3) is 0 Å². The molecule has 0 saturated heterocycles. The Kier molecular flexibility index (Phi) is 4.75. The average molecular weight is 238 g/mol. The first-order valence-electron chi connectivity index (χ1n) is 5.81. The molecule has 1 heterocycles. The highest BCUT2D eigenvalue weighted by Gasteiger charge is 2.20. The highest BCUT2D eigenvalue weighted by molar-refractivity contribution is 5.69. The Morgan fingerprint density at radius 1 is 1.65 bits per heavy atom. The smallest absolute Gasteiger partial charge is 0.325 e. The van der Waals surface area contributed by atoms with Crippen molar-refractivity contribution >= 4 is 5.97 Å². The van der Waals surface area contributed by atoms with Gasteiger partial charge in [-0.2, -0.15) is 0 Å². The van der Waals surface area contributed by atoms with Gasteiger partial charge < -0.3 is 15.0 Å². The van der Waals surface area contributed by atoms with Crippen molar-refractivity contribution in [3.05, 3.63) is 23.5 Å². The summed E-state index contributed by atoms with van der Waals surface area (Å²) in [6.07, 6.45) is 5.08. The Morgan fingerprint density at radius 3 is 3.12 bits per heavy atom. The lowest BCUT2D eigenvalue weighted by Gasteiger charge is -2.20. The van der Waals surface area contributed by atoms with Gasteiger partial charge in [-0.25, -0.2) is 0 Å². The van der Waals surface area contributed by atoms with Crippen molar-refractivity contribution in [2.24, 2.45) is 5.73 Å². The molecular formula is C13H22N2O2. The molecule has 0 spiro atoms. The number of hydrogen-bond acceptors (Lipinski definition) is 3. The molecule has 0 bridgehead atoms. The maximum atomic E-state index is 11.4. The molecule has 4 nitrogen and oxygen atoms in total. The molecule has 0 aromatic carbocycles. The van der Waals surface area contributed by atoms with Crippen molar-refractivity contribution in [2.75, 3.05) is 6.61 Å². The maximum absolute atomic E-state index is 11.4. The molecule has 2 rings (SSSR count). The maximum Gasteiger partial charge on any atom is 0.325 e. The fourth-order valence-corrected chi connectivity index (χ4v) is 2.29. The van der Waals surface area contributed by atoms with Crippen LogP contribution in [-0.2, 0) is 22.5 Å². The average Bonchev–Trinajstić information content (AvgIpc) is 2.64. The SMILES string of the molecule is C.CCOC(=O)Cn1ccc2c1CCC[C@@H]2N. The van der Waals surface area contributed by atoms with Crippen molar-refractivity contribution in [3.8, 4) is 0 Å². The molecule has 0 amide bonds. The molecule has 96 valence electrons. The van der Waals surface area contributed by atoms with E-state index in [1.165, 1.54) is 11.3 Å². The predicted octanol–water partition coefficient (Wildman–Crippen LogP) is 2.02. The topological polar surface area (TPSA) is 57.2 Å². The van der Waals surface area contributed by atoms with Gasteiger partial charge in [0.2, 0.25) is 0 Å². The fraction of sp³-hybridized carbons (Fsp3) is 0.615. The largest absolute Gasteiger partial charge is 0.465 e. The van der Waals surface area contributed by atoms with E-state index in [4.69, 9.17) is 10.5 Å². The highest BCUT2D eigenvalue weighted by atomic mass is 16.5. The van der Waals surface area contributed by atoms with Crippen LogP contribution < -0.4 is 5.73 Å². The van der Waals surface area contributed by atoms with E-state index in [1.807, 2.05) is 23.8 Å². The van der Waals surface area contributed by atoms with E-state index in [9.17, 15) is 4.79 Å². The van der Waals surface area contributed by atoms with Gasteiger partial charge in [0.05, 0.1) is 6.61 Å². The van der Waals surface area contributed by atoms with Gasteiger partial charge in [0, 0.05) is 17.9 Å².